The summed E-state index contributed by atoms with van der Waals surface area (Å²) in [5.74, 6) is -2.43. The number of rotatable bonds is 3. The molecule has 0 saturated carbocycles. The smallest absolute Gasteiger partial charge is 0.269 e. The summed E-state index contributed by atoms with van der Waals surface area (Å²) in [4.78, 5) is -1.01. The molecule has 0 bridgehead atoms. The largest absolute Gasteiger partial charge is 0.399 e. The van der Waals surface area contributed by atoms with E-state index >= 15 is 0 Å². The van der Waals surface area contributed by atoms with Crippen molar-refractivity contribution in [2.45, 2.75) is 11.8 Å². The van der Waals surface area contributed by atoms with E-state index in [1.165, 1.54) is 7.05 Å². The third kappa shape index (κ3) is 2.69. The van der Waals surface area contributed by atoms with E-state index < -0.39 is 26.6 Å². The molecule has 0 saturated heterocycles. The van der Waals surface area contributed by atoms with Crippen LogP contribution in [-0.4, -0.2) is 15.5 Å². The summed E-state index contributed by atoms with van der Waals surface area (Å²) in [6.45, 7) is 1.71. The molecule has 0 heterocycles. The van der Waals surface area contributed by atoms with Crippen LogP contribution in [-0.2, 0) is 10.0 Å². The first-order valence-corrected chi connectivity index (χ1v) is 7.48. The SMILES string of the molecule is Cc1ccccc1N(C)S(=O)(=O)c1c(F)cc(N)cc1F. The van der Waals surface area contributed by atoms with Crippen LogP contribution in [0.5, 0.6) is 0 Å². The zero-order valence-corrected chi connectivity index (χ0v) is 12.3. The second kappa shape index (κ2) is 5.33. The Morgan fingerprint density at radius 2 is 1.62 bits per heavy atom. The van der Waals surface area contributed by atoms with Crippen LogP contribution in [0.3, 0.4) is 0 Å². The van der Waals surface area contributed by atoms with E-state index in [0.29, 0.717) is 11.3 Å². The van der Waals surface area contributed by atoms with Gasteiger partial charge in [0.1, 0.15) is 11.6 Å². The quantitative estimate of drug-likeness (QED) is 0.886. The van der Waals surface area contributed by atoms with Gasteiger partial charge in [0.15, 0.2) is 4.90 Å². The molecule has 0 unspecified atom stereocenters. The van der Waals surface area contributed by atoms with Crippen LogP contribution in [0.1, 0.15) is 5.56 Å². The van der Waals surface area contributed by atoms with Crippen molar-refractivity contribution in [3.05, 3.63) is 53.6 Å². The number of aryl methyl sites for hydroxylation is 1. The molecule has 2 aromatic rings. The summed E-state index contributed by atoms with van der Waals surface area (Å²) in [6, 6.07) is 8.20. The summed E-state index contributed by atoms with van der Waals surface area (Å²) in [6.07, 6.45) is 0. The molecule has 0 radical (unpaired) electrons. The number of nitrogens with two attached hydrogens (primary N) is 1. The van der Waals surface area contributed by atoms with Crippen molar-refractivity contribution in [3.63, 3.8) is 0 Å². The lowest BCUT2D eigenvalue weighted by Crippen LogP contribution is -2.29. The van der Waals surface area contributed by atoms with Gasteiger partial charge >= 0.3 is 0 Å². The summed E-state index contributed by atoms with van der Waals surface area (Å²) >= 11 is 0. The summed E-state index contributed by atoms with van der Waals surface area (Å²) in [5, 5.41) is 0. The zero-order valence-electron chi connectivity index (χ0n) is 11.5. The van der Waals surface area contributed by atoms with Crippen molar-refractivity contribution in [2.24, 2.45) is 0 Å². The Hall–Kier alpha value is -2.15. The molecule has 112 valence electrons. The minimum Gasteiger partial charge on any atom is -0.399 e. The molecule has 0 aliphatic rings. The van der Waals surface area contributed by atoms with E-state index in [2.05, 4.69) is 0 Å². The molecule has 7 heteroatoms. The Balaban J connectivity index is 2.61. The molecule has 2 rings (SSSR count). The number of sulfonamides is 1. The number of para-hydroxylation sites is 1. The summed E-state index contributed by atoms with van der Waals surface area (Å²) in [5.41, 5.74) is 6.12. The molecule has 0 aliphatic heterocycles. The lowest BCUT2D eigenvalue weighted by Gasteiger charge is -2.22. The minimum atomic E-state index is -4.36. The highest BCUT2D eigenvalue weighted by Crippen LogP contribution is 2.29. The fraction of sp³-hybridized carbons (Fsp3) is 0.143. The predicted octanol–water partition coefficient (Wildman–Crippen LogP) is 2.68. The monoisotopic (exact) mass is 312 g/mol. The molecule has 21 heavy (non-hydrogen) atoms. The van der Waals surface area contributed by atoms with Gasteiger partial charge in [-0.05, 0) is 30.7 Å². The minimum absolute atomic E-state index is 0.178. The molecule has 0 spiro atoms. The van der Waals surface area contributed by atoms with Crippen molar-refractivity contribution in [3.8, 4) is 0 Å². The Kier molecular flexibility index (Phi) is 3.87. The van der Waals surface area contributed by atoms with Gasteiger partial charge in [0.05, 0.1) is 5.69 Å². The topological polar surface area (TPSA) is 63.4 Å². The van der Waals surface area contributed by atoms with Gasteiger partial charge in [-0.25, -0.2) is 17.2 Å². The molecule has 2 aromatic carbocycles. The lowest BCUT2D eigenvalue weighted by atomic mass is 10.2. The molecule has 0 atom stereocenters. The molecule has 0 amide bonds. The van der Waals surface area contributed by atoms with Crippen LogP contribution in [0, 0.1) is 18.6 Å². The van der Waals surface area contributed by atoms with Crippen LogP contribution < -0.4 is 10.0 Å². The molecular formula is C14H14F2N2O2S. The first-order valence-electron chi connectivity index (χ1n) is 6.04. The fourth-order valence-corrected chi connectivity index (χ4v) is 3.36. The Morgan fingerprint density at radius 3 is 2.14 bits per heavy atom. The number of anilines is 2. The van der Waals surface area contributed by atoms with Crippen molar-refractivity contribution < 1.29 is 17.2 Å². The van der Waals surface area contributed by atoms with Gasteiger partial charge in [-0.3, -0.25) is 4.31 Å². The maximum atomic E-state index is 13.9. The average Bonchev–Trinajstić information content (AvgIpc) is 2.36. The first-order chi connectivity index (χ1) is 9.75. The van der Waals surface area contributed by atoms with Crippen LogP contribution in [0.4, 0.5) is 20.2 Å². The number of hydrogen-bond acceptors (Lipinski definition) is 3. The number of nitrogens with zero attached hydrogens (tertiary/aromatic N) is 1. The fourth-order valence-electron chi connectivity index (χ4n) is 2.01. The lowest BCUT2D eigenvalue weighted by molar-refractivity contribution is 0.519. The van der Waals surface area contributed by atoms with E-state index in [1.807, 2.05) is 0 Å². The highest BCUT2D eigenvalue weighted by atomic mass is 32.2. The van der Waals surface area contributed by atoms with Gasteiger partial charge in [0.2, 0.25) is 0 Å². The van der Waals surface area contributed by atoms with Gasteiger partial charge in [0.25, 0.3) is 10.0 Å². The van der Waals surface area contributed by atoms with E-state index in [-0.39, 0.29) is 5.69 Å². The van der Waals surface area contributed by atoms with Crippen LogP contribution in [0.25, 0.3) is 0 Å². The highest BCUT2D eigenvalue weighted by molar-refractivity contribution is 7.92. The normalized spacial score (nSPS) is 11.4. The van der Waals surface area contributed by atoms with Gasteiger partial charge in [-0.15, -0.1) is 0 Å². The van der Waals surface area contributed by atoms with E-state index in [4.69, 9.17) is 5.73 Å². The zero-order chi connectivity index (χ0) is 15.8. The molecule has 0 fully saturated rings. The number of benzene rings is 2. The van der Waals surface area contributed by atoms with Crippen LogP contribution >= 0.6 is 0 Å². The van der Waals surface area contributed by atoms with E-state index in [0.717, 1.165) is 16.4 Å². The Bertz CT molecular complexity index is 768. The maximum absolute atomic E-state index is 13.9. The van der Waals surface area contributed by atoms with Gasteiger partial charge in [0, 0.05) is 12.7 Å². The van der Waals surface area contributed by atoms with Crippen LogP contribution in [0.2, 0.25) is 0 Å². The number of nitrogen functional groups attached to an aromatic ring is 1. The van der Waals surface area contributed by atoms with Gasteiger partial charge < -0.3 is 5.73 Å². The van der Waals surface area contributed by atoms with Gasteiger partial charge in [-0.2, -0.15) is 0 Å². The highest BCUT2D eigenvalue weighted by Gasteiger charge is 2.29. The van der Waals surface area contributed by atoms with Crippen molar-refractivity contribution >= 4 is 21.4 Å². The summed E-state index contributed by atoms with van der Waals surface area (Å²) in [7, 11) is -3.12. The van der Waals surface area contributed by atoms with E-state index in [9.17, 15) is 17.2 Å². The Labute approximate surface area is 121 Å². The van der Waals surface area contributed by atoms with Crippen molar-refractivity contribution in [1.29, 1.82) is 0 Å². The standard InChI is InChI=1S/C14H14F2N2O2S/c1-9-5-3-4-6-13(9)18(2)21(19,20)14-11(15)7-10(17)8-12(14)16/h3-8H,17H2,1-2H3. The third-order valence-corrected chi connectivity index (χ3v) is 4.92. The second-order valence-electron chi connectivity index (χ2n) is 4.57. The molecule has 4 nitrogen and oxygen atoms in total. The van der Waals surface area contributed by atoms with Crippen LogP contribution in [0.15, 0.2) is 41.3 Å². The van der Waals surface area contributed by atoms with Crippen molar-refractivity contribution in [2.75, 3.05) is 17.1 Å². The second-order valence-corrected chi connectivity index (χ2v) is 6.48. The molecule has 0 aromatic heterocycles. The molecule has 0 aliphatic carbocycles. The third-order valence-electron chi connectivity index (χ3n) is 3.09. The number of halogens is 2. The van der Waals surface area contributed by atoms with Gasteiger partial charge in [-0.1, -0.05) is 18.2 Å². The summed E-state index contributed by atoms with van der Waals surface area (Å²) < 4.78 is 53.4. The predicted molar refractivity (Wildman–Crippen MR) is 77.5 cm³/mol. The molecular weight excluding hydrogens is 298 g/mol. The average molecular weight is 312 g/mol. The molecule has 2 N–H and O–H groups in total. The van der Waals surface area contributed by atoms with Crippen molar-refractivity contribution in [1.82, 2.24) is 0 Å². The van der Waals surface area contributed by atoms with E-state index in [1.54, 1.807) is 31.2 Å². The maximum Gasteiger partial charge on any atom is 0.269 e. The first kappa shape index (κ1) is 15.2. The number of hydrogen-bond donors (Lipinski definition) is 1. The Morgan fingerprint density at radius 1 is 1.10 bits per heavy atom.